The molecule has 1 unspecified atom stereocenters. The molecule has 0 spiro atoms. The standard InChI is InChI=1S/C16H25NO3S/c1-12(13-7-8-14(20-13)15(18)19-2)17-11-16(21-3)9-5-4-6-10-16/h7-8,12,17H,4-6,9-11H2,1-3H3. The van der Waals surface area contributed by atoms with Crippen molar-refractivity contribution in [2.45, 2.75) is 49.8 Å². The molecule has 4 nitrogen and oxygen atoms in total. The zero-order valence-electron chi connectivity index (χ0n) is 13.1. The molecule has 1 atom stereocenters. The maximum atomic E-state index is 11.4. The Bertz CT molecular complexity index is 466. The van der Waals surface area contributed by atoms with Gasteiger partial charge in [0, 0.05) is 11.3 Å². The van der Waals surface area contributed by atoms with Crippen molar-refractivity contribution in [3.63, 3.8) is 0 Å². The van der Waals surface area contributed by atoms with Crippen LogP contribution in [0.1, 0.15) is 61.4 Å². The van der Waals surface area contributed by atoms with E-state index < -0.39 is 5.97 Å². The van der Waals surface area contributed by atoms with Crippen molar-refractivity contribution in [1.82, 2.24) is 5.32 Å². The number of nitrogens with one attached hydrogen (secondary N) is 1. The Hall–Kier alpha value is -0.940. The number of methoxy groups -OCH3 is 1. The summed E-state index contributed by atoms with van der Waals surface area (Å²) >= 11 is 1.98. The predicted molar refractivity (Wildman–Crippen MR) is 85.8 cm³/mol. The van der Waals surface area contributed by atoms with Crippen LogP contribution < -0.4 is 5.32 Å². The number of rotatable bonds is 6. The third-order valence-corrected chi connectivity index (χ3v) is 5.79. The zero-order valence-corrected chi connectivity index (χ0v) is 13.9. The molecule has 0 aliphatic heterocycles. The number of carbonyl (C=O) groups excluding carboxylic acids is 1. The fourth-order valence-corrected chi connectivity index (χ4v) is 3.81. The first kappa shape index (κ1) is 16.4. The van der Waals surface area contributed by atoms with Crippen LogP contribution in [0.25, 0.3) is 0 Å². The Morgan fingerprint density at radius 1 is 1.43 bits per heavy atom. The molecule has 1 aromatic rings. The second-order valence-corrected chi connectivity index (χ2v) is 7.02. The van der Waals surface area contributed by atoms with E-state index in [1.165, 1.54) is 39.2 Å². The molecule has 1 aromatic heterocycles. The molecule has 0 aromatic carbocycles. The van der Waals surface area contributed by atoms with Gasteiger partial charge >= 0.3 is 5.97 Å². The van der Waals surface area contributed by atoms with Gasteiger partial charge in [0.05, 0.1) is 13.2 Å². The van der Waals surface area contributed by atoms with E-state index in [1.807, 2.05) is 17.8 Å². The first-order chi connectivity index (χ1) is 10.1. The van der Waals surface area contributed by atoms with Crippen LogP contribution in [0.4, 0.5) is 0 Å². The highest BCUT2D eigenvalue weighted by molar-refractivity contribution is 8.00. The summed E-state index contributed by atoms with van der Waals surface area (Å²) in [5.41, 5.74) is 0. The van der Waals surface area contributed by atoms with Gasteiger partial charge in [-0.05, 0) is 38.2 Å². The smallest absolute Gasteiger partial charge is 0.373 e. The summed E-state index contributed by atoms with van der Waals surface area (Å²) in [6.07, 6.45) is 8.77. The van der Waals surface area contributed by atoms with E-state index in [9.17, 15) is 4.79 Å². The van der Waals surface area contributed by atoms with Gasteiger partial charge < -0.3 is 14.5 Å². The van der Waals surface area contributed by atoms with Crippen molar-refractivity contribution in [3.8, 4) is 0 Å². The van der Waals surface area contributed by atoms with Crippen molar-refractivity contribution in [2.75, 3.05) is 19.9 Å². The molecule has 1 saturated carbocycles. The van der Waals surface area contributed by atoms with Crippen LogP contribution in [0.15, 0.2) is 16.5 Å². The van der Waals surface area contributed by atoms with Gasteiger partial charge in [0.2, 0.25) is 5.76 Å². The first-order valence-electron chi connectivity index (χ1n) is 7.57. The number of ether oxygens (including phenoxy) is 1. The summed E-state index contributed by atoms with van der Waals surface area (Å²) in [6.45, 7) is 3.04. The molecule has 1 N–H and O–H groups in total. The molecule has 1 heterocycles. The van der Waals surface area contributed by atoms with Crippen LogP contribution in [-0.4, -0.2) is 30.6 Å². The molecule has 1 aliphatic carbocycles. The molecule has 2 rings (SSSR count). The lowest BCUT2D eigenvalue weighted by atomic mass is 9.88. The summed E-state index contributed by atoms with van der Waals surface area (Å²) < 4.78 is 10.6. The Kier molecular flexibility index (Phi) is 5.76. The van der Waals surface area contributed by atoms with Crippen molar-refractivity contribution in [3.05, 3.63) is 23.7 Å². The van der Waals surface area contributed by atoms with E-state index in [4.69, 9.17) is 4.42 Å². The SMILES string of the molecule is COC(=O)c1ccc(C(C)NCC2(SC)CCCCC2)o1. The van der Waals surface area contributed by atoms with Crippen LogP contribution in [0.3, 0.4) is 0 Å². The molecule has 0 bridgehead atoms. The molecular weight excluding hydrogens is 286 g/mol. The minimum absolute atomic E-state index is 0.0920. The largest absolute Gasteiger partial charge is 0.463 e. The van der Waals surface area contributed by atoms with Crippen molar-refractivity contribution < 1.29 is 13.9 Å². The molecule has 21 heavy (non-hydrogen) atoms. The van der Waals surface area contributed by atoms with Gasteiger partial charge in [0.1, 0.15) is 5.76 Å². The normalized spacial score (nSPS) is 19.2. The van der Waals surface area contributed by atoms with Gasteiger partial charge in [0.15, 0.2) is 0 Å². The molecule has 118 valence electrons. The molecular formula is C16H25NO3S. The average molecular weight is 311 g/mol. The van der Waals surface area contributed by atoms with Gasteiger partial charge in [-0.2, -0.15) is 11.8 Å². The lowest BCUT2D eigenvalue weighted by Crippen LogP contribution is -2.40. The van der Waals surface area contributed by atoms with Crippen molar-refractivity contribution >= 4 is 17.7 Å². The highest BCUT2D eigenvalue weighted by atomic mass is 32.2. The van der Waals surface area contributed by atoms with Gasteiger partial charge in [-0.1, -0.05) is 19.3 Å². The van der Waals surface area contributed by atoms with Crippen LogP contribution in [0.5, 0.6) is 0 Å². The van der Waals surface area contributed by atoms with Gasteiger partial charge in [-0.15, -0.1) is 0 Å². The summed E-state index contributed by atoms with van der Waals surface area (Å²) in [5, 5.41) is 3.56. The number of carbonyl (C=O) groups is 1. The Balaban J connectivity index is 1.93. The van der Waals surface area contributed by atoms with Crippen molar-refractivity contribution in [2.24, 2.45) is 0 Å². The highest BCUT2D eigenvalue weighted by Crippen LogP contribution is 2.38. The van der Waals surface area contributed by atoms with Crippen LogP contribution >= 0.6 is 11.8 Å². The quantitative estimate of drug-likeness (QED) is 0.810. The maximum absolute atomic E-state index is 11.4. The molecule has 5 heteroatoms. The third-order valence-electron chi connectivity index (χ3n) is 4.37. The molecule has 0 amide bonds. The topological polar surface area (TPSA) is 51.5 Å². The summed E-state index contributed by atoms with van der Waals surface area (Å²) in [7, 11) is 1.36. The number of hydrogen-bond acceptors (Lipinski definition) is 5. The minimum atomic E-state index is -0.429. The van der Waals surface area contributed by atoms with Crippen LogP contribution in [0.2, 0.25) is 0 Å². The fourth-order valence-electron chi connectivity index (χ4n) is 2.88. The predicted octanol–water partition coefficient (Wildman–Crippen LogP) is 3.78. The molecule has 0 saturated heterocycles. The lowest BCUT2D eigenvalue weighted by molar-refractivity contribution is 0.0562. The van der Waals surface area contributed by atoms with E-state index in [-0.39, 0.29) is 11.8 Å². The fraction of sp³-hybridized carbons (Fsp3) is 0.688. The highest BCUT2D eigenvalue weighted by Gasteiger charge is 2.31. The molecule has 0 radical (unpaired) electrons. The Labute approximate surface area is 131 Å². The summed E-state index contributed by atoms with van der Waals surface area (Å²) in [5.74, 6) is 0.613. The Morgan fingerprint density at radius 3 is 2.76 bits per heavy atom. The van der Waals surface area contributed by atoms with Crippen LogP contribution in [0, 0.1) is 0 Å². The Morgan fingerprint density at radius 2 is 2.14 bits per heavy atom. The summed E-state index contributed by atoms with van der Waals surface area (Å²) in [6, 6.07) is 3.61. The first-order valence-corrected chi connectivity index (χ1v) is 8.79. The minimum Gasteiger partial charge on any atom is -0.463 e. The van der Waals surface area contributed by atoms with E-state index in [1.54, 1.807) is 6.07 Å². The van der Waals surface area contributed by atoms with E-state index in [2.05, 4.69) is 23.2 Å². The van der Waals surface area contributed by atoms with E-state index >= 15 is 0 Å². The average Bonchev–Trinajstić information content (AvgIpc) is 3.03. The third kappa shape index (κ3) is 4.04. The summed E-state index contributed by atoms with van der Waals surface area (Å²) in [4.78, 5) is 11.4. The number of thioether (sulfide) groups is 1. The second-order valence-electron chi connectivity index (χ2n) is 5.74. The van der Waals surface area contributed by atoms with Gasteiger partial charge in [0.25, 0.3) is 0 Å². The maximum Gasteiger partial charge on any atom is 0.373 e. The number of furan rings is 1. The van der Waals surface area contributed by atoms with E-state index in [0.29, 0.717) is 4.75 Å². The molecule has 1 aliphatic rings. The number of hydrogen-bond donors (Lipinski definition) is 1. The van der Waals surface area contributed by atoms with Gasteiger partial charge in [-0.25, -0.2) is 4.79 Å². The van der Waals surface area contributed by atoms with Crippen molar-refractivity contribution in [1.29, 1.82) is 0 Å². The monoisotopic (exact) mass is 311 g/mol. The second kappa shape index (κ2) is 7.36. The van der Waals surface area contributed by atoms with Crippen LogP contribution in [-0.2, 0) is 4.74 Å². The lowest BCUT2D eigenvalue weighted by Gasteiger charge is -2.36. The van der Waals surface area contributed by atoms with E-state index in [0.717, 1.165) is 12.3 Å². The number of esters is 1. The zero-order chi connectivity index (χ0) is 15.3. The van der Waals surface area contributed by atoms with Gasteiger partial charge in [-0.3, -0.25) is 0 Å². The molecule has 1 fully saturated rings.